The molecular formula is C18H21N3O3S. The van der Waals surface area contributed by atoms with E-state index in [0.29, 0.717) is 12.1 Å². The Morgan fingerprint density at radius 2 is 1.96 bits per heavy atom. The van der Waals surface area contributed by atoms with Gasteiger partial charge in [0.05, 0.1) is 4.90 Å². The highest BCUT2D eigenvalue weighted by Gasteiger charge is 2.14. The van der Waals surface area contributed by atoms with Crippen molar-refractivity contribution < 1.29 is 13.2 Å². The van der Waals surface area contributed by atoms with Crippen molar-refractivity contribution in [1.82, 2.24) is 10.3 Å². The van der Waals surface area contributed by atoms with Crippen LogP contribution in [0.15, 0.2) is 47.5 Å². The van der Waals surface area contributed by atoms with Crippen molar-refractivity contribution >= 4 is 21.6 Å². The van der Waals surface area contributed by atoms with Gasteiger partial charge in [0.25, 0.3) is 5.91 Å². The number of nitrogens with zero attached hydrogens (tertiary/aromatic N) is 2. The van der Waals surface area contributed by atoms with E-state index >= 15 is 0 Å². The molecule has 1 amide bonds. The molecule has 0 radical (unpaired) electrons. The van der Waals surface area contributed by atoms with Crippen molar-refractivity contribution in [2.75, 3.05) is 24.2 Å². The first-order valence-corrected chi connectivity index (χ1v) is 10.1. The molecule has 1 aliphatic heterocycles. The lowest BCUT2D eigenvalue weighted by Gasteiger charge is -2.17. The largest absolute Gasteiger partial charge is 0.357 e. The van der Waals surface area contributed by atoms with Crippen LogP contribution in [0.3, 0.4) is 0 Å². The van der Waals surface area contributed by atoms with Gasteiger partial charge in [0.15, 0.2) is 9.84 Å². The second kappa shape index (κ2) is 7.23. The molecule has 1 aromatic heterocycles. The van der Waals surface area contributed by atoms with Crippen molar-refractivity contribution in [3.8, 4) is 0 Å². The summed E-state index contributed by atoms with van der Waals surface area (Å²) in [6.45, 7) is 2.40. The molecule has 0 bridgehead atoms. The molecule has 3 rings (SSSR count). The normalized spacial score (nSPS) is 14.5. The van der Waals surface area contributed by atoms with Crippen LogP contribution < -0.4 is 10.2 Å². The maximum absolute atomic E-state index is 12.3. The fourth-order valence-electron chi connectivity index (χ4n) is 2.84. The standard InChI is InChI=1S/C18H21N3O3S/c1-25(23,24)16-6-4-5-15(12-16)18(22)20-13-14-7-8-19-17(11-14)21-9-2-3-10-21/h4-8,11-12H,2-3,9-10,13H2,1H3,(H,20,22). The zero-order valence-corrected chi connectivity index (χ0v) is 14.9. The second-order valence-corrected chi connectivity index (χ2v) is 8.21. The number of hydrogen-bond donors (Lipinski definition) is 1. The molecule has 0 saturated carbocycles. The van der Waals surface area contributed by atoms with E-state index in [4.69, 9.17) is 0 Å². The van der Waals surface area contributed by atoms with Crippen LogP contribution in [0, 0.1) is 0 Å². The van der Waals surface area contributed by atoms with E-state index in [0.717, 1.165) is 30.7 Å². The minimum Gasteiger partial charge on any atom is -0.357 e. The van der Waals surface area contributed by atoms with Crippen LogP contribution in [0.4, 0.5) is 5.82 Å². The molecule has 7 heteroatoms. The van der Waals surface area contributed by atoms with Crippen LogP contribution in [0.2, 0.25) is 0 Å². The number of aromatic nitrogens is 1. The van der Waals surface area contributed by atoms with Gasteiger partial charge < -0.3 is 10.2 Å². The molecule has 1 aliphatic rings. The molecule has 0 unspecified atom stereocenters. The molecule has 132 valence electrons. The van der Waals surface area contributed by atoms with E-state index < -0.39 is 9.84 Å². The van der Waals surface area contributed by atoms with Gasteiger partial charge in [0.2, 0.25) is 0 Å². The number of rotatable bonds is 5. The van der Waals surface area contributed by atoms with Gasteiger partial charge in [-0.15, -0.1) is 0 Å². The van der Waals surface area contributed by atoms with Crippen molar-refractivity contribution in [3.05, 3.63) is 53.7 Å². The van der Waals surface area contributed by atoms with Gasteiger partial charge in [0, 0.05) is 37.7 Å². The summed E-state index contributed by atoms with van der Waals surface area (Å²) >= 11 is 0. The van der Waals surface area contributed by atoms with Crippen LogP contribution in [-0.2, 0) is 16.4 Å². The molecule has 0 spiro atoms. The molecule has 25 heavy (non-hydrogen) atoms. The molecule has 0 aliphatic carbocycles. The summed E-state index contributed by atoms with van der Waals surface area (Å²) in [5.74, 6) is 0.633. The van der Waals surface area contributed by atoms with Crippen molar-refractivity contribution in [2.45, 2.75) is 24.3 Å². The minimum absolute atomic E-state index is 0.139. The lowest BCUT2D eigenvalue weighted by Crippen LogP contribution is -2.24. The zero-order chi connectivity index (χ0) is 17.9. The maximum Gasteiger partial charge on any atom is 0.251 e. The first-order chi connectivity index (χ1) is 11.9. The van der Waals surface area contributed by atoms with Crippen LogP contribution in [0.5, 0.6) is 0 Å². The Morgan fingerprint density at radius 3 is 2.68 bits per heavy atom. The summed E-state index contributed by atoms with van der Waals surface area (Å²) in [7, 11) is -3.33. The van der Waals surface area contributed by atoms with Crippen LogP contribution in [0.25, 0.3) is 0 Å². The van der Waals surface area contributed by atoms with Crippen molar-refractivity contribution in [2.24, 2.45) is 0 Å². The lowest BCUT2D eigenvalue weighted by atomic mass is 10.2. The van der Waals surface area contributed by atoms with Crippen molar-refractivity contribution in [3.63, 3.8) is 0 Å². The summed E-state index contributed by atoms with van der Waals surface area (Å²) in [6.07, 6.45) is 5.24. The molecular weight excluding hydrogens is 338 g/mol. The average molecular weight is 359 g/mol. The number of carbonyl (C=O) groups excluding carboxylic acids is 1. The van der Waals surface area contributed by atoms with Gasteiger partial charge in [-0.25, -0.2) is 13.4 Å². The summed E-state index contributed by atoms with van der Waals surface area (Å²) in [5, 5.41) is 2.83. The Bertz CT molecular complexity index is 875. The molecule has 1 N–H and O–H groups in total. The molecule has 1 fully saturated rings. The number of sulfone groups is 1. The van der Waals surface area contributed by atoms with Crippen molar-refractivity contribution in [1.29, 1.82) is 0 Å². The monoisotopic (exact) mass is 359 g/mol. The predicted octanol–water partition coefficient (Wildman–Crippen LogP) is 2.02. The summed E-state index contributed by atoms with van der Waals surface area (Å²) in [5.41, 5.74) is 1.29. The summed E-state index contributed by atoms with van der Waals surface area (Å²) in [4.78, 5) is 19.1. The van der Waals surface area contributed by atoms with Crippen LogP contribution >= 0.6 is 0 Å². The fraction of sp³-hybridized carbons (Fsp3) is 0.333. The third kappa shape index (κ3) is 4.36. The number of hydrogen-bond acceptors (Lipinski definition) is 5. The topological polar surface area (TPSA) is 79.4 Å². The quantitative estimate of drug-likeness (QED) is 0.883. The lowest BCUT2D eigenvalue weighted by molar-refractivity contribution is 0.0950. The van der Waals surface area contributed by atoms with Crippen LogP contribution in [-0.4, -0.2) is 38.7 Å². The van der Waals surface area contributed by atoms with E-state index in [9.17, 15) is 13.2 Å². The van der Waals surface area contributed by atoms with Gasteiger partial charge in [-0.1, -0.05) is 6.07 Å². The van der Waals surface area contributed by atoms with E-state index in [-0.39, 0.29) is 10.8 Å². The second-order valence-electron chi connectivity index (χ2n) is 6.20. The number of amides is 1. The Hall–Kier alpha value is -2.41. The zero-order valence-electron chi connectivity index (χ0n) is 14.1. The Labute approximate surface area is 147 Å². The summed E-state index contributed by atoms with van der Waals surface area (Å²) < 4.78 is 23.2. The molecule has 2 aromatic rings. The highest BCUT2D eigenvalue weighted by atomic mass is 32.2. The first kappa shape index (κ1) is 17.4. The third-order valence-electron chi connectivity index (χ3n) is 4.22. The van der Waals surface area contributed by atoms with E-state index in [1.165, 1.54) is 25.0 Å². The average Bonchev–Trinajstić information content (AvgIpc) is 3.14. The Morgan fingerprint density at radius 1 is 1.20 bits per heavy atom. The SMILES string of the molecule is CS(=O)(=O)c1cccc(C(=O)NCc2ccnc(N3CCCC3)c2)c1. The smallest absolute Gasteiger partial charge is 0.251 e. The van der Waals surface area contributed by atoms with E-state index in [1.54, 1.807) is 18.3 Å². The highest BCUT2D eigenvalue weighted by Crippen LogP contribution is 2.18. The van der Waals surface area contributed by atoms with E-state index in [1.807, 2.05) is 12.1 Å². The van der Waals surface area contributed by atoms with Crippen LogP contribution in [0.1, 0.15) is 28.8 Å². The molecule has 2 heterocycles. The summed E-state index contributed by atoms with van der Waals surface area (Å²) in [6, 6.07) is 9.91. The van der Waals surface area contributed by atoms with Gasteiger partial charge in [-0.3, -0.25) is 4.79 Å². The Kier molecular flexibility index (Phi) is 5.03. The molecule has 0 atom stereocenters. The maximum atomic E-state index is 12.3. The third-order valence-corrected chi connectivity index (χ3v) is 5.33. The highest BCUT2D eigenvalue weighted by molar-refractivity contribution is 7.90. The number of anilines is 1. The Balaban J connectivity index is 1.67. The van der Waals surface area contributed by atoms with E-state index in [2.05, 4.69) is 15.2 Å². The molecule has 1 saturated heterocycles. The number of benzene rings is 1. The van der Waals surface area contributed by atoms with Gasteiger partial charge >= 0.3 is 0 Å². The number of carbonyl (C=O) groups is 1. The van der Waals surface area contributed by atoms with Gasteiger partial charge in [-0.05, 0) is 48.7 Å². The van der Waals surface area contributed by atoms with Gasteiger partial charge in [-0.2, -0.15) is 0 Å². The number of pyridine rings is 1. The predicted molar refractivity (Wildman–Crippen MR) is 96.4 cm³/mol. The number of nitrogens with one attached hydrogen (secondary N) is 1. The minimum atomic E-state index is -3.33. The molecule has 1 aromatic carbocycles. The molecule has 6 nitrogen and oxygen atoms in total. The van der Waals surface area contributed by atoms with Gasteiger partial charge in [0.1, 0.15) is 5.82 Å². The first-order valence-electron chi connectivity index (χ1n) is 8.22. The fourth-order valence-corrected chi connectivity index (χ4v) is 3.51.